The smallest absolute Gasteiger partial charge is 0.325 e. The summed E-state index contributed by atoms with van der Waals surface area (Å²) in [7, 11) is 0. The standard InChI is InChI=1S/C11H21NO3/c1-5-9(6-2)7(3)10(13)12-8(4)11(14)15/h7-9H,5-6H2,1-4H3,(H,12,13)(H,14,15)/t7?,8-/m0/s1. The third-order valence-electron chi connectivity index (χ3n) is 2.90. The molecule has 0 aromatic carbocycles. The lowest BCUT2D eigenvalue weighted by Gasteiger charge is -2.21. The second-order valence-electron chi connectivity index (χ2n) is 3.93. The minimum Gasteiger partial charge on any atom is -0.480 e. The summed E-state index contributed by atoms with van der Waals surface area (Å²) in [6.07, 6.45) is 1.87. The highest BCUT2D eigenvalue weighted by Crippen LogP contribution is 2.19. The number of rotatable bonds is 6. The zero-order valence-corrected chi connectivity index (χ0v) is 9.91. The van der Waals surface area contributed by atoms with Crippen LogP contribution in [0, 0.1) is 11.8 Å². The lowest BCUT2D eigenvalue weighted by Crippen LogP contribution is -2.42. The van der Waals surface area contributed by atoms with Crippen molar-refractivity contribution in [3.8, 4) is 0 Å². The number of aliphatic carboxylic acids is 1. The fraction of sp³-hybridized carbons (Fsp3) is 0.818. The first-order valence-electron chi connectivity index (χ1n) is 5.47. The van der Waals surface area contributed by atoms with E-state index >= 15 is 0 Å². The predicted octanol–water partition coefficient (Wildman–Crippen LogP) is 1.65. The molecule has 4 nitrogen and oxygen atoms in total. The summed E-state index contributed by atoms with van der Waals surface area (Å²) < 4.78 is 0. The molecule has 0 rings (SSSR count). The van der Waals surface area contributed by atoms with Crippen LogP contribution in [0.3, 0.4) is 0 Å². The Kier molecular flexibility index (Phi) is 5.97. The van der Waals surface area contributed by atoms with Crippen LogP contribution < -0.4 is 5.32 Å². The van der Waals surface area contributed by atoms with Crippen molar-refractivity contribution in [2.75, 3.05) is 0 Å². The number of carboxylic acids is 1. The van der Waals surface area contributed by atoms with Gasteiger partial charge in [0.25, 0.3) is 0 Å². The van der Waals surface area contributed by atoms with Gasteiger partial charge in [0.15, 0.2) is 0 Å². The van der Waals surface area contributed by atoms with Crippen LogP contribution in [-0.2, 0) is 9.59 Å². The topological polar surface area (TPSA) is 66.4 Å². The van der Waals surface area contributed by atoms with Crippen LogP contribution in [0.1, 0.15) is 40.5 Å². The quantitative estimate of drug-likeness (QED) is 0.708. The zero-order valence-electron chi connectivity index (χ0n) is 9.91. The first-order valence-corrected chi connectivity index (χ1v) is 5.47. The number of carboxylic acid groups (broad SMARTS) is 1. The zero-order chi connectivity index (χ0) is 12.0. The predicted molar refractivity (Wildman–Crippen MR) is 58.5 cm³/mol. The molecule has 4 heteroatoms. The number of carbonyl (C=O) groups excluding carboxylic acids is 1. The minimum absolute atomic E-state index is 0.123. The summed E-state index contributed by atoms with van der Waals surface area (Å²) in [6.45, 7) is 7.40. The molecule has 88 valence electrons. The molecule has 0 spiro atoms. The van der Waals surface area contributed by atoms with Crippen LogP contribution in [0.15, 0.2) is 0 Å². The van der Waals surface area contributed by atoms with Crippen molar-refractivity contribution in [2.45, 2.75) is 46.6 Å². The molecule has 0 aliphatic rings. The van der Waals surface area contributed by atoms with E-state index in [9.17, 15) is 9.59 Å². The minimum atomic E-state index is -1.000. The van der Waals surface area contributed by atoms with Gasteiger partial charge in [0.1, 0.15) is 6.04 Å². The van der Waals surface area contributed by atoms with Crippen molar-refractivity contribution in [1.29, 1.82) is 0 Å². The van der Waals surface area contributed by atoms with E-state index in [-0.39, 0.29) is 11.8 Å². The van der Waals surface area contributed by atoms with Gasteiger partial charge in [-0.25, -0.2) is 0 Å². The molecular formula is C11H21NO3. The first kappa shape index (κ1) is 13.9. The third-order valence-corrected chi connectivity index (χ3v) is 2.90. The molecule has 0 heterocycles. The number of amides is 1. The fourth-order valence-electron chi connectivity index (χ4n) is 1.62. The Morgan fingerprint density at radius 3 is 2.00 bits per heavy atom. The summed E-state index contributed by atoms with van der Waals surface area (Å²) in [4.78, 5) is 22.2. The maximum absolute atomic E-state index is 11.6. The van der Waals surface area contributed by atoms with E-state index in [1.54, 1.807) is 0 Å². The van der Waals surface area contributed by atoms with Crippen molar-refractivity contribution in [2.24, 2.45) is 11.8 Å². The van der Waals surface area contributed by atoms with Crippen LogP contribution in [0.4, 0.5) is 0 Å². The van der Waals surface area contributed by atoms with E-state index in [0.717, 1.165) is 12.8 Å². The second-order valence-corrected chi connectivity index (χ2v) is 3.93. The Balaban J connectivity index is 4.26. The van der Waals surface area contributed by atoms with E-state index in [2.05, 4.69) is 5.32 Å². The molecular weight excluding hydrogens is 194 g/mol. The molecule has 0 aliphatic carbocycles. The average Bonchev–Trinajstić information content (AvgIpc) is 2.19. The van der Waals surface area contributed by atoms with Gasteiger partial charge in [0, 0.05) is 5.92 Å². The van der Waals surface area contributed by atoms with Gasteiger partial charge in [0.2, 0.25) is 5.91 Å². The Morgan fingerprint density at radius 2 is 1.67 bits per heavy atom. The number of hydrogen-bond donors (Lipinski definition) is 2. The Bertz CT molecular complexity index is 224. The summed E-state index contributed by atoms with van der Waals surface area (Å²) in [5.74, 6) is -0.966. The summed E-state index contributed by atoms with van der Waals surface area (Å²) in [5.41, 5.74) is 0. The second kappa shape index (κ2) is 6.43. The van der Waals surface area contributed by atoms with E-state index < -0.39 is 12.0 Å². The highest BCUT2D eigenvalue weighted by molar-refractivity contribution is 5.84. The molecule has 1 unspecified atom stereocenters. The summed E-state index contributed by atoms with van der Waals surface area (Å²) >= 11 is 0. The van der Waals surface area contributed by atoms with Gasteiger partial charge in [-0.2, -0.15) is 0 Å². The van der Waals surface area contributed by atoms with E-state index in [1.807, 2.05) is 20.8 Å². The Morgan fingerprint density at radius 1 is 1.20 bits per heavy atom. The van der Waals surface area contributed by atoms with Gasteiger partial charge in [-0.3, -0.25) is 9.59 Å². The van der Waals surface area contributed by atoms with Crippen molar-refractivity contribution in [1.82, 2.24) is 5.32 Å². The maximum atomic E-state index is 11.6. The summed E-state index contributed by atoms with van der Waals surface area (Å²) in [5, 5.41) is 11.1. The van der Waals surface area contributed by atoms with Crippen LogP contribution >= 0.6 is 0 Å². The fourth-order valence-corrected chi connectivity index (χ4v) is 1.62. The van der Waals surface area contributed by atoms with Gasteiger partial charge in [-0.1, -0.05) is 33.6 Å². The molecule has 0 aromatic rings. The van der Waals surface area contributed by atoms with Gasteiger partial charge in [0.05, 0.1) is 0 Å². The summed E-state index contributed by atoms with van der Waals surface area (Å²) in [6, 6.07) is -0.811. The monoisotopic (exact) mass is 215 g/mol. The molecule has 0 bridgehead atoms. The van der Waals surface area contributed by atoms with Crippen LogP contribution in [-0.4, -0.2) is 23.0 Å². The largest absolute Gasteiger partial charge is 0.480 e. The number of carbonyl (C=O) groups is 2. The first-order chi connectivity index (χ1) is 6.93. The van der Waals surface area contributed by atoms with Gasteiger partial charge in [-0.15, -0.1) is 0 Å². The molecule has 15 heavy (non-hydrogen) atoms. The third kappa shape index (κ3) is 4.32. The Labute approximate surface area is 91.1 Å². The normalized spacial score (nSPS) is 14.7. The molecule has 0 aromatic heterocycles. The highest BCUT2D eigenvalue weighted by Gasteiger charge is 2.23. The Hall–Kier alpha value is -1.06. The van der Waals surface area contributed by atoms with Crippen molar-refractivity contribution in [3.05, 3.63) is 0 Å². The van der Waals surface area contributed by atoms with Crippen LogP contribution in [0.2, 0.25) is 0 Å². The van der Waals surface area contributed by atoms with E-state index in [0.29, 0.717) is 5.92 Å². The van der Waals surface area contributed by atoms with Crippen molar-refractivity contribution in [3.63, 3.8) is 0 Å². The maximum Gasteiger partial charge on any atom is 0.325 e. The number of hydrogen-bond acceptors (Lipinski definition) is 2. The molecule has 0 saturated carbocycles. The molecule has 0 saturated heterocycles. The van der Waals surface area contributed by atoms with Crippen LogP contribution in [0.25, 0.3) is 0 Å². The molecule has 2 atom stereocenters. The van der Waals surface area contributed by atoms with Crippen molar-refractivity contribution >= 4 is 11.9 Å². The molecule has 1 amide bonds. The van der Waals surface area contributed by atoms with E-state index in [4.69, 9.17) is 5.11 Å². The van der Waals surface area contributed by atoms with Crippen LogP contribution in [0.5, 0.6) is 0 Å². The van der Waals surface area contributed by atoms with E-state index in [1.165, 1.54) is 6.92 Å². The molecule has 2 N–H and O–H groups in total. The molecule has 0 radical (unpaired) electrons. The van der Waals surface area contributed by atoms with Gasteiger partial charge < -0.3 is 10.4 Å². The molecule has 0 fully saturated rings. The lowest BCUT2D eigenvalue weighted by molar-refractivity contribution is -0.142. The van der Waals surface area contributed by atoms with Gasteiger partial charge >= 0.3 is 5.97 Å². The highest BCUT2D eigenvalue weighted by atomic mass is 16.4. The number of nitrogens with one attached hydrogen (secondary N) is 1. The SMILES string of the molecule is CCC(CC)C(C)C(=O)N[C@@H](C)C(=O)O. The average molecular weight is 215 g/mol. The van der Waals surface area contributed by atoms with Gasteiger partial charge in [-0.05, 0) is 12.8 Å². The van der Waals surface area contributed by atoms with Crippen molar-refractivity contribution < 1.29 is 14.7 Å². The molecule has 0 aliphatic heterocycles. The lowest BCUT2D eigenvalue weighted by atomic mass is 9.88.